The fraction of sp³-hybridized carbons (Fsp3) is 0.312. The van der Waals surface area contributed by atoms with Crippen molar-refractivity contribution in [2.75, 3.05) is 17.2 Å². The van der Waals surface area contributed by atoms with Crippen LogP contribution >= 0.6 is 15.9 Å². The average molecular weight is 363 g/mol. The monoisotopic (exact) mass is 362 g/mol. The quantitative estimate of drug-likeness (QED) is 0.761. The maximum atomic E-state index is 12.3. The van der Waals surface area contributed by atoms with Gasteiger partial charge in [0.05, 0.1) is 0 Å². The third kappa shape index (κ3) is 4.53. The predicted molar refractivity (Wildman–Crippen MR) is 92.3 cm³/mol. The first-order valence-electron chi connectivity index (χ1n) is 7.23. The van der Waals surface area contributed by atoms with Crippen LogP contribution in [0.2, 0.25) is 0 Å². The molecule has 0 aliphatic carbocycles. The highest BCUT2D eigenvalue weighted by Gasteiger charge is 2.10. The van der Waals surface area contributed by atoms with Crippen LogP contribution in [0.5, 0.6) is 0 Å². The minimum Gasteiger partial charge on any atom is -0.370 e. The van der Waals surface area contributed by atoms with Gasteiger partial charge < -0.3 is 10.6 Å². The average Bonchev–Trinajstić information content (AvgIpc) is 2.50. The highest BCUT2D eigenvalue weighted by molar-refractivity contribution is 9.10. The van der Waals surface area contributed by atoms with Crippen molar-refractivity contribution in [3.05, 3.63) is 46.3 Å². The van der Waals surface area contributed by atoms with Crippen LogP contribution in [0.3, 0.4) is 0 Å². The van der Waals surface area contributed by atoms with Crippen LogP contribution in [0.4, 0.5) is 11.5 Å². The first-order valence-corrected chi connectivity index (χ1v) is 8.03. The number of anilines is 2. The third-order valence-electron chi connectivity index (χ3n) is 3.17. The van der Waals surface area contributed by atoms with E-state index in [1.807, 2.05) is 25.1 Å². The number of carbonyl (C=O) groups is 1. The minimum absolute atomic E-state index is 0.244. The molecule has 0 fully saturated rings. The first kappa shape index (κ1) is 16.4. The van der Waals surface area contributed by atoms with E-state index in [2.05, 4.69) is 43.5 Å². The van der Waals surface area contributed by atoms with Gasteiger partial charge in [0.1, 0.15) is 17.8 Å². The number of amides is 1. The Balaban J connectivity index is 2.07. The molecule has 22 heavy (non-hydrogen) atoms. The molecule has 116 valence electrons. The summed E-state index contributed by atoms with van der Waals surface area (Å²) in [5.41, 5.74) is 2.10. The molecule has 1 heterocycles. The van der Waals surface area contributed by atoms with Crippen molar-refractivity contribution in [1.29, 1.82) is 0 Å². The van der Waals surface area contributed by atoms with Crippen molar-refractivity contribution in [3.63, 3.8) is 0 Å². The van der Waals surface area contributed by atoms with Crippen molar-refractivity contribution in [1.82, 2.24) is 9.97 Å². The molecular formula is C16H19BrN4O. The first-order chi connectivity index (χ1) is 10.6. The lowest BCUT2D eigenvalue weighted by molar-refractivity contribution is 0.102. The van der Waals surface area contributed by atoms with Crippen LogP contribution < -0.4 is 10.6 Å². The van der Waals surface area contributed by atoms with Gasteiger partial charge in [-0.1, -0.05) is 29.3 Å². The summed E-state index contributed by atoms with van der Waals surface area (Å²) < 4.78 is 0.979. The molecule has 0 bridgehead atoms. The van der Waals surface area contributed by atoms with Crippen molar-refractivity contribution in [2.45, 2.75) is 26.7 Å². The van der Waals surface area contributed by atoms with E-state index in [1.165, 1.54) is 6.33 Å². The molecule has 0 unspecified atom stereocenters. The number of hydrogen-bond donors (Lipinski definition) is 2. The Morgan fingerprint density at radius 3 is 2.82 bits per heavy atom. The number of rotatable bonds is 6. The number of unbranched alkanes of at least 4 members (excludes halogenated alkanes) is 1. The summed E-state index contributed by atoms with van der Waals surface area (Å²) >= 11 is 3.41. The Labute approximate surface area is 138 Å². The predicted octanol–water partition coefficient (Wildman–Crippen LogP) is 4.01. The molecule has 6 heteroatoms. The minimum atomic E-state index is -0.244. The van der Waals surface area contributed by atoms with Crippen LogP contribution in [-0.4, -0.2) is 22.4 Å². The molecule has 1 amide bonds. The van der Waals surface area contributed by atoms with Crippen LogP contribution in [0, 0.1) is 6.92 Å². The second-order valence-corrected chi connectivity index (χ2v) is 5.90. The molecule has 1 aromatic heterocycles. The standard InChI is InChI=1S/C16H19BrN4O/c1-3-4-7-18-15-9-14(19-10-20-15)16(22)21-13-6-5-12(17)8-11(13)2/h5-6,8-10H,3-4,7H2,1-2H3,(H,21,22)(H,18,19,20). The zero-order valence-electron chi connectivity index (χ0n) is 12.7. The summed E-state index contributed by atoms with van der Waals surface area (Å²) in [7, 11) is 0. The summed E-state index contributed by atoms with van der Waals surface area (Å²) in [5, 5.41) is 6.06. The zero-order valence-corrected chi connectivity index (χ0v) is 14.3. The molecule has 2 aromatic rings. The SMILES string of the molecule is CCCCNc1cc(C(=O)Nc2ccc(Br)cc2C)ncn1. The summed E-state index contributed by atoms with van der Waals surface area (Å²) in [6.07, 6.45) is 3.57. The van der Waals surface area contributed by atoms with E-state index in [4.69, 9.17) is 0 Å². The van der Waals surface area contributed by atoms with Gasteiger partial charge in [-0.05, 0) is 37.1 Å². The molecule has 2 N–H and O–H groups in total. The van der Waals surface area contributed by atoms with Gasteiger partial charge in [-0.15, -0.1) is 0 Å². The Hall–Kier alpha value is -1.95. The summed E-state index contributed by atoms with van der Waals surface area (Å²) in [6, 6.07) is 7.37. The molecule has 0 atom stereocenters. The topological polar surface area (TPSA) is 66.9 Å². The van der Waals surface area contributed by atoms with E-state index < -0.39 is 0 Å². The van der Waals surface area contributed by atoms with Gasteiger partial charge in [-0.25, -0.2) is 9.97 Å². The van der Waals surface area contributed by atoms with E-state index in [-0.39, 0.29) is 5.91 Å². The summed E-state index contributed by atoms with van der Waals surface area (Å²) in [4.78, 5) is 20.5. The van der Waals surface area contributed by atoms with E-state index in [0.717, 1.165) is 35.1 Å². The van der Waals surface area contributed by atoms with Gasteiger partial charge in [0.15, 0.2) is 0 Å². The van der Waals surface area contributed by atoms with Crippen molar-refractivity contribution in [3.8, 4) is 0 Å². The highest BCUT2D eigenvalue weighted by atomic mass is 79.9. The van der Waals surface area contributed by atoms with Crippen molar-refractivity contribution >= 4 is 33.3 Å². The van der Waals surface area contributed by atoms with Crippen LogP contribution in [0.1, 0.15) is 35.8 Å². The Bertz CT molecular complexity index is 660. The van der Waals surface area contributed by atoms with E-state index in [0.29, 0.717) is 11.5 Å². The number of nitrogens with zero attached hydrogens (tertiary/aromatic N) is 2. The maximum Gasteiger partial charge on any atom is 0.274 e. The van der Waals surface area contributed by atoms with Crippen LogP contribution in [0.25, 0.3) is 0 Å². The third-order valence-corrected chi connectivity index (χ3v) is 3.67. The maximum absolute atomic E-state index is 12.3. The Kier molecular flexibility index (Phi) is 5.89. The van der Waals surface area contributed by atoms with Gasteiger partial charge in [-0.3, -0.25) is 4.79 Å². The fourth-order valence-electron chi connectivity index (χ4n) is 1.93. The number of halogens is 1. The van der Waals surface area contributed by atoms with Gasteiger partial charge in [0.25, 0.3) is 5.91 Å². The Morgan fingerprint density at radius 1 is 1.27 bits per heavy atom. The van der Waals surface area contributed by atoms with E-state index >= 15 is 0 Å². The number of aryl methyl sites for hydroxylation is 1. The summed E-state index contributed by atoms with van der Waals surface area (Å²) in [5.74, 6) is 0.424. The van der Waals surface area contributed by atoms with Crippen molar-refractivity contribution in [2.24, 2.45) is 0 Å². The molecule has 2 rings (SSSR count). The number of hydrogen-bond acceptors (Lipinski definition) is 4. The van der Waals surface area contributed by atoms with Crippen molar-refractivity contribution < 1.29 is 4.79 Å². The number of carbonyl (C=O) groups excluding carboxylic acids is 1. The molecule has 0 spiro atoms. The molecule has 0 aliphatic heterocycles. The zero-order chi connectivity index (χ0) is 15.9. The second kappa shape index (κ2) is 7.89. The van der Waals surface area contributed by atoms with Crippen LogP contribution in [-0.2, 0) is 0 Å². The molecule has 0 saturated heterocycles. The van der Waals surface area contributed by atoms with Gasteiger partial charge in [-0.2, -0.15) is 0 Å². The normalized spacial score (nSPS) is 10.3. The number of aromatic nitrogens is 2. The molecule has 0 aliphatic rings. The van der Waals surface area contributed by atoms with Crippen LogP contribution in [0.15, 0.2) is 35.1 Å². The summed E-state index contributed by atoms with van der Waals surface area (Å²) in [6.45, 7) is 4.90. The largest absolute Gasteiger partial charge is 0.370 e. The fourth-order valence-corrected chi connectivity index (χ4v) is 2.40. The highest BCUT2D eigenvalue weighted by Crippen LogP contribution is 2.20. The number of nitrogens with one attached hydrogen (secondary N) is 2. The van der Waals surface area contributed by atoms with E-state index in [9.17, 15) is 4.79 Å². The smallest absolute Gasteiger partial charge is 0.274 e. The van der Waals surface area contributed by atoms with Gasteiger partial charge >= 0.3 is 0 Å². The molecular weight excluding hydrogens is 344 g/mol. The molecule has 0 radical (unpaired) electrons. The molecule has 5 nitrogen and oxygen atoms in total. The lowest BCUT2D eigenvalue weighted by atomic mass is 10.2. The second-order valence-electron chi connectivity index (χ2n) is 4.98. The molecule has 0 saturated carbocycles. The van der Waals surface area contributed by atoms with E-state index in [1.54, 1.807) is 6.07 Å². The van der Waals surface area contributed by atoms with Gasteiger partial charge in [0.2, 0.25) is 0 Å². The number of benzene rings is 1. The Morgan fingerprint density at radius 2 is 2.09 bits per heavy atom. The lowest BCUT2D eigenvalue weighted by Gasteiger charge is -2.09. The lowest BCUT2D eigenvalue weighted by Crippen LogP contribution is -2.15. The van der Waals surface area contributed by atoms with Gasteiger partial charge in [0, 0.05) is 22.8 Å². The molecule has 1 aromatic carbocycles.